The molecule has 2 amide bonds. The molecule has 166 valence electrons. The Hall–Kier alpha value is -3.11. The standard InChI is InChI=1S/C21H25N3O6S/c1-29-18-9-8-17(14-19(18)30-2)31(27,28)24-12-10-16(11-13-24)21(26)23-22-20(25)15-6-4-3-5-7-15/h3-9,14,16H,10-13H2,1-2H3,(H,22,25)(H,23,26). The molecular formula is C21H25N3O6S. The molecule has 10 heteroatoms. The van der Waals surface area contributed by atoms with Crippen molar-refractivity contribution in [1.82, 2.24) is 15.2 Å². The van der Waals surface area contributed by atoms with E-state index in [0.717, 1.165) is 0 Å². The summed E-state index contributed by atoms with van der Waals surface area (Å²) in [6.45, 7) is 0.392. The Bertz CT molecular complexity index is 1030. The molecule has 0 spiro atoms. The lowest BCUT2D eigenvalue weighted by atomic mass is 9.98. The molecule has 0 aromatic heterocycles. The number of sulfonamides is 1. The van der Waals surface area contributed by atoms with Crippen LogP contribution in [0.5, 0.6) is 11.5 Å². The van der Waals surface area contributed by atoms with Crippen LogP contribution in [-0.2, 0) is 14.8 Å². The van der Waals surface area contributed by atoms with E-state index in [1.807, 2.05) is 0 Å². The van der Waals surface area contributed by atoms with E-state index in [0.29, 0.717) is 29.9 Å². The van der Waals surface area contributed by atoms with E-state index in [-0.39, 0.29) is 23.9 Å². The van der Waals surface area contributed by atoms with Crippen molar-refractivity contribution in [3.63, 3.8) is 0 Å². The van der Waals surface area contributed by atoms with Crippen LogP contribution in [0.4, 0.5) is 0 Å². The third kappa shape index (κ3) is 5.15. The lowest BCUT2D eigenvalue weighted by molar-refractivity contribution is -0.126. The highest BCUT2D eigenvalue weighted by Crippen LogP contribution is 2.31. The van der Waals surface area contributed by atoms with Gasteiger partial charge >= 0.3 is 0 Å². The Morgan fingerprint density at radius 2 is 1.58 bits per heavy atom. The largest absolute Gasteiger partial charge is 0.493 e. The lowest BCUT2D eigenvalue weighted by Crippen LogP contribution is -2.48. The highest BCUT2D eigenvalue weighted by molar-refractivity contribution is 7.89. The second kappa shape index (κ2) is 9.80. The number of nitrogens with zero attached hydrogens (tertiary/aromatic N) is 1. The van der Waals surface area contributed by atoms with Gasteiger partial charge in [0.15, 0.2) is 11.5 Å². The lowest BCUT2D eigenvalue weighted by Gasteiger charge is -2.30. The van der Waals surface area contributed by atoms with Crippen molar-refractivity contribution >= 4 is 21.8 Å². The number of benzene rings is 2. The van der Waals surface area contributed by atoms with Gasteiger partial charge in [-0.15, -0.1) is 0 Å². The molecule has 3 rings (SSSR count). The molecule has 1 heterocycles. The van der Waals surface area contributed by atoms with Crippen LogP contribution in [-0.4, -0.2) is 51.8 Å². The molecule has 0 aliphatic carbocycles. The monoisotopic (exact) mass is 447 g/mol. The van der Waals surface area contributed by atoms with Crippen molar-refractivity contribution in [3.05, 3.63) is 54.1 Å². The first-order chi connectivity index (χ1) is 14.9. The molecule has 1 aliphatic heterocycles. The number of hydrogen-bond acceptors (Lipinski definition) is 6. The molecule has 0 atom stereocenters. The van der Waals surface area contributed by atoms with E-state index in [9.17, 15) is 18.0 Å². The van der Waals surface area contributed by atoms with Crippen molar-refractivity contribution in [2.24, 2.45) is 5.92 Å². The van der Waals surface area contributed by atoms with E-state index < -0.39 is 21.8 Å². The van der Waals surface area contributed by atoms with Crippen LogP contribution < -0.4 is 20.3 Å². The quantitative estimate of drug-likeness (QED) is 0.650. The number of nitrogens with one attached hydrogen (secondary N) is 2. The van der Waals surface area contributed by atoms with Gasteiger partial charge in [0.2, 0.25) is 15.9 Å². The van der Waals surface area contributed by atoms with Gasteiger partial charge in [-0.05, 0) is 37.1 Å². The van der Waals surface area contributed by atoms with Crippen molar-refractivity contribution in [2.45, 2.75) is 17.7 Å². The SMILES string of the molecule is COc1ccc(S(=O)(=O)N2CCC(C(=O)NNC(=O)c3ccccc3)CC2)cc1OC. The molecule has 1 aliphatic rings. The van der Waals surface area contributed by atoms with Gasteiger partial charge in [-0.3, -0.25) is 20.4 Å². The van der Waals surface area contributed by atoms with E-state index >= 15 is 0 Å². The first-order valence-corrected chi connectivity index (χ1v) is 11.2. The fraction of sp³-hybridized carbons (Fsp3) is 0.333. The maximum atomic E-state index is 13.0. The van der Waals surface area contributed by atoms with Crippen LogP contribution in [0.15, 0.2) is 53.4 Å². The number of hydrogen-bond donors (Lipinski definition) is 2. The fourth-order valence-electron chi connectivity index (χ4n) is 3.37. The van der Waals surface area contributed by atoms with Crippen molar-refractivity contribution in [1.29, 1.82) is 0 Å². The average Bonchev–Trinajstić information content (AvgIpc) is 2.82. The molecule has 2 aromatic rings. The van der Waals surface area contributed by atoms with Gasteiger partial charge in [0, 0.05) is 30.6 Å². The minimum absolute atomic E-state index is 0.100. The second-order valence-electron chi connectivity index (χ2n) is 7.00. The van der Waals surface area contributed by atoms with Crippen molar-refractivity contribution in [3.8, 4) is 11.5 Å². The molecule has 0 radical (unpaired) electrons. The number of methoxy groups -OCH3 is 2. The normalized spacial score (nSPS) is 15.2. The summed E-state index contributed by atoms with van der Waals surface area (Å²) in [5, 5.41) is 0. The zero-order valence-corrected chi connectivity index (χ0v) is 18.1. The van der Waals surface area contributed by atoms with Gasteiger partial charge in [0.25, 0.3) is 5.91 Å². The summed E-state index contributed by atoms with van der Waals surface area (Å²) in [5.41, 5.74) is 5.25. The highest BCUT2D eigenvalue weighted by Gasteiger charge is 2.32. The molecule has 2 N–H and O–H groups in total. The summed E-state index contributed by atoms with van der Waals surface area (Å²) in [6.07, 6.45) is 0.694. The molecule has 0 bridgehead atoms. The zero-order chi connectivity index (χ0) is 22.4. The Labute approximate surface area is 181 Å². The zero-order valence-electron chi connectivity index (χ0n) is 17.3. The Morgan fingerprint density at radius 1 is 0.935 bits per heavy atom. The molecule has 2 aromatic carbocycles. The Kier molecular flexibility index (Phi) is 7.13. The van der Waals surface area contributed by atoms with E-state index in [1.54, 1.807) is 36.4 Å². The molecule has 0 saturated carbocycles. The molecule has 0 unspecified atom stereocenters. The molecule has 31 heavy (non-hydrogen) atoms. The van der Waals surface area contributed by atoms with Crippen molar-refractivity contribution in [2.75, 3.05) is 27.3 Å². The first kappa shape index (κ1) is 22.6. The predicted octanol–water partition coefficient (Wildman–Crippen LogP) is 1.57. The van der Waals surface area contributed by atoms with Crippen LogP contribution in [0, 0.1) is 5.92 Å². The number of carbonyl (C=O) groups is 2. The van der Waals surface area contributed by atoms with E-state index in [4.69, 9.17) is 9.47 Å². The van der Waals surface area contributed by atoms with E-state index in [2.05, 4.69) is 10.9 Å². The maximum absolute atomic E-state index is 13.0. The number of hydrazine groups is 1. The number of ether oxygens (including phenoxy) is 2. The molecular weight excluding hydrogens is 422 g/mol. The van der Waals surface area contributed by atoms with Crippen LogP contribution in [0.25, 0.3) is 0 Å². The summed E-state index contributed by atoms with van der Waals surface area (Å²) in [5.74, 6) is -0.385. The third-order valence-electron chi connectivity index (χ3n) is 5.15. The average molecular weight is 448 g/mol. The smallest absolute Gasteiger partial charge is 0.269 e. The number of piperidine rings is 1. The maximum Gasteiger partial charge on any atom is 0.269 e. The summed E-state index contributed by atoms with van der Waals surface area (Å²) >= 11 is 0. The summed E-state index contributed by atoms with van der Waals surface area (Å²) in [7, 11) is -0.818. The molecule has 9 nitrogen and oxygen atoms in total. The third-order valence-corrected chi connectivity index (χ3v) is 7.05. The predicted molar refractivity (Wildman–Crippen MR) is 113 cm³/mol. The minimum Gasteiger partial charge on any atom is -0.493 e. The summed E-state index contributed by atoms with van der Waals surface area (Å²) in [6, 6.07) is 13.0. The van der Waals surface area contributed by atoms with E-state index in [1.165, 1.54) is 30.7 Å². The summed E-state index contributed by atoms with van der Waals surface area (Å²) < 4.78 is 37.6. The second-order valence-corrected chi connectivity index (χ2v) is 8.94. The Morgan fingerprint density at radius 3 is 2.19 bits per heavy atom. The van der Waals surface area contributed by atoms with Gasteiger partial charge in [0.05, 0.1) is 19.1 Å². The number of carbonyl (C=O) groups excluding carboxylic acids is 2. The van der Waals surface area contributed by atoms with Gasteiger partial charge < -0.3 is 9.47 Å². The number of amides is 2. The molecule has 1 fully saturated rings. The minimum atomic E-state index is -3.73. The van der Waals surface area contributed by atoms with Crippen LogP contribution >= 0.6 is 0 Å². The van der Waals surface area contributed by atoms with Crippen LogP contribution in [0.1, 0.15) is 23.2 Å². The first-order valence-electron chi connectivity index (χ1n) is 9.74. The number of rotatable bonds is 6. The van der Waals surface area contributed by atoms with Gasteiger partial charge in [-0.2, -0.15) is 4.31 Å². The van der Waals surface area contributed by atoms with Gasteiger partial charge in [-0.25, -0.2) is 8.42 Å². The fourth-order valence-corrected chi connectivity index (χ4v) is 4.85. The Balaban J connectivity index is 1.57. The van der Waals surface area contributed by atoms with Crippen LogP contribution in [0.3, 0.4) is 0 Å². The van der Waals surface area contributed by atoms with Crippen molar-refractivity contribution < 1.29 is 27.5 Å². The summed E-state index contributed by atoms with van der Waals surface area (Å²) in [4.78, 5) is 24.5. The topological polar surface area (TPSA) is 114 Å². The van der Waals surface area contributed by atoms with Crippen LogP contribution in [0.2, 0.25) is 0 Å². The van der Waals surface area contributed by atoms with Gasteiger partial charge in [0.1, 0.15) is 0 Å². The van der Waals surface area contributed by atoms with Gasteiger partial charge in [-0.1, -0.05) is 18.2 Å². The highest BCUT2D eigenvalue weighted by atomic mass is 32.2. The molecule has 1 saturated heterocycles.